The minimum Gasteiger partial charge on any atom is -0.324 e. The number of likely N-dealkylation sites (tertiary alicyclic amines) is 1. The van der Waals surface area contributed by atoms with E-state index < -0.39 is 0 Å². The maximum atomic E-state index is 12.5. The third-order valence-electron chi connectivity index (χ3n) is 4.70. The van der Waals surface area contributed by atoms with Gasteiger partial charge in [-0.2, -0.15) is 5.26 Å². The molecule has 0 aromatic heterocycles. The lowest BCUT2D eigenvalue weighted by Crippen LogP contribution is -2.51. The zero-order valence-electron chi connectivity index (χ0n) is 14.2. The number of hydrogen-bond donors (Lipinski definition) is 1. The molecule has 1 fully saturated rings. The fourth-order valence-corrected chi connectivity index (χ4v) is 3.24. The Morgan fingerprint density at radius 2 is 2.13 bits per heavy atom. The van der Waals surface area contributed by atoms with Gasteiger partial charge in [0, 0.05) is 31.9 Å². The second-order valence-electron chi connectivity index (χ2n) is 6.30. The maximum absolute atomic E-state index is 12.5. The van der Waals surface area contributed by atoms with Crippen LogP contribution in [0.1, 0.15) is 25.8 Å². The number of piperidine rings is 1. The van der Waals surface area contributed by atoms with Crippen LogP contribution in [0.2, 0.25) is 0 Å². The van der Waals surface area contributed by atoms with Crippen LogP contribution >= 0.6 is 0 Å². The van der Waals surface area contributed by atoms with Crippen LogP contribution in [0.25, 0.3) is 0 Å². The molecule has 5 heteroatoms. The lowest BCUT2D eigenvalue weighted by atomic mass is 9.93. The Kier molecular flexibility index (Phi) is 6.00. The molecule has 1 aromatic rings. The van der Waals surface area contributed by atoms with Crippen molar-refractivity contribution >= 4 is 11.7 Å². The minimum absolute atomic E-state index is 0.0696. The number of urea groups is 1. The Morgan fingerprint density at radius 1 is 1.43 bits per heavy atom. The van der Waals surface area contributed by atoms with Crippen molar-refractivity contribution < 1.29 is 4.79 Å². The third kappa shape index (κ3) is 4.46. The van der Waals surface area contributed by atoms with Crippen molar-refractivity contribution in [3.63, 3.8) is 0 Å². The zero-order valence-corrected chi connectivity index (χ0v) is 14.2. The number of nitrogens with zero attached hydrogens (tertiary/aromatic N) is 3. The molecular formula is C18H26N4O. The van der Waals surface area contributed by atoms with E-state index >= 15 is 0 Å². The van der Waals surface area contributed by atoms with Gasteiger partial charge in [0.1, 0.15) is 0 Å². The number of benzene rings is 1. The zero-order chi connectivity index (χ0) is 16.8. The van der Waals surface area contributed by atoms with Gasteiger partial charge in [0.2, 0.25) is 0 Å². The van der Waals surface area contributed by atoms with Crippen molar-refractivity contribution in [3.8, 4) is 6.07 Å². The molecule has 5 nitrogen and oxygen atoms in total. The number of nitriles is 1. The van der Waals surface area contributed by atoms with Crippen molar-refractivity contribution in [3.05, 3.63) is 29.8 Å². The van der Waals surface area contributed by atoms with Crippen LogP contribution in [0.3, 0.4) is 0 Å². The standard InChI is InChI=1S/C18H26N4O/c1-4-22-12-10-17(14(2)13-22)21(3)18(23)20-16-7-5-15(6-8-16)9-11-19/h5-8,14,17H,4,9-10,12-13H2,1-3H3,(H,20,23)/t14-,17-/m0/s1. The summed E-state index contributed by atoms with van der Waals surface area (Å²) in [5.74, 6) is 0.470. The molecule has 0 radical (unpaired) electrons. The quantitative estimate of drug-likeness (QED) is 0.929. The molecule has 0 spiro atoms. The van der Waals surface area contributed by atoms with E-state index in [-0.39, 0.29) is 12.1 Å². The molecule has 0 saturated carbocycles. The predicted molar refractivity (Wildman–Crippen MR) is 92.2 cm³/mol. The van der Waals surface area contributed by atoms with Gasteiger partial charge < -0.3 is 15.1 Å². The fraction of sp³-hybridized carbons (Fsp3) is 0.556. The van der Waals surface area contributed by atoms with Crippen molar-refractivity contribution in [2.75, 3.05) is 32.0 Å². The SMILES string of the molecule is CCN1CC[C@H](N(C)C(=O)Nc2ccc(CC#N)cc2)[C@@H](C)C1. The van der Waals surface area contributed by atoms with Gasteiger partial charge in [0.25, 0.3) is 0 Å². The lowest BCUT2D eigenvalue weighted by molar-refractivity contribution is 0.101. The number of nitrogens with one attached hydrogen (secondary N) is 1. The second-order valence-corrected chi connectivity index (χ2v) is 6.30. The molecule has 0 aliphatic carbocycles. The summed E-state index contributed by atoms with van der Waals surface area (Å²) in [6.45, 7) is 7.56. The van der Waals surface area contributed by atoms with Gasteiger partial charge in [-0.05, 0) is 36.6 Å². The Labute approximate surface area is 138 Å². The molecule has 2 rings (SSSR count). The minimum atomic E-state index is -0.0696. The van der Waals surface area contributed by atoms with Crippen molar-refractivity contribution in [1.82, 2.24) is 9.80 Å². The largest absolute Gasteiger partial charge is 0.324 e. The van der Waals surface area contributed by atoms with Crippen LogP contribution in [0.15, 0.2) is 24.3 Å². The molecule has 0 bridgehead atoms. The summed E-state index contributed by atoms with van der Waals surface area (Å²) in [6, 6.07) is 9.77. The summed E-state index contributed by atoms with van der Waals surface area (Å²) in [5.41, 5.74) is 1.72. The van der Waals surface area contributed by atoms with Crippen LogP contribution in [0.4, 0.5) is 10.5 Å². The number of amides is 2. The van der Waals surface area contributed by atoms with E-state index in [1.165, 1.54) is 0 Å². The molecule has 1 N–H and O–H groups in total. The number of carbonyl (C=O) groups excluding carboxylic acids is 1. The Hall–Kier alpha value is -2.06. The first-order chi connectivity index (χ1) is 11.0. The van der Waals surface area contributed by atoms with Gasteiger partial charge in [-0.15, -0.1) is 0 Å². The van der Waals surface area contributed by atoms with Crippen LogP contribution < -0.4 is 5.32 Å². The Morgan fingerprint density at radius 3 is 2.70 bits per heavy atom. The van der Waals surface area contributed by atoms with Gasteiger partial charge in [-0.1, -0.05) is 26.0 Å². The van der Waals surface area contributed by atoms with Gasteiger partial charge in [-0.3, -0.25) is 0 Å². The molecule has 1 aliphatic rings. The molecule has 23 heavy (non-hydrogen) atoms. The summed E-state index contributed by atoms with van der Waals surface area (Å²) in [7, 11) is 1.88. The summed E-state index contributed by atoms with van der Waals surface area (Å²) in [5, 5.41) is 11.6. The number of carbonyl (C=O) groups is 1. The van der Waals surface area contributed by atoms with Crippen LogP contribution in [0.5, 0.6) is 0 Å². The fourth-order valence-electron chi connectivity index (χ4n) is 3.24. The molecule has 2 amide bonds. The van der Waals surface area contributed by atoms with Crippen molar-refractivity contribution in [1.29, 1.82) is 5.26 Å². The summed E-state index contributed by atoms with van der Waals surface area (Å²) < 4.78 is 0. The third-order valence-corrected chi connectivity index (χ3v) is 4.70. The van der Waals surface area contributed by atoms with E-state index in [1.54, 1.807) is 0 Å². The van der Waals surface area contributed by atoms with Crippen LogP contribution in [0, 0.1) is 17.2 Å². The topological polar surface area (TPSA) is 59.4 Å². The Balaban J connectivity index is 1.93. The highest BCUT2D eigenvalue weighted by atomic mass is 16.2. The van der Waals surface area contributed by atoms with Gasteiger partial charge in [0.05, 0.1) is 12.5 Å². The van der Waals surface area contributed by atoms with Gasteiger partial charge in [-0.25, -0.2) is 4.79 Å². The van der Waals surface area contributed by atoms with Crippen LogP contribution in [-0.2, 0) is 6.42 Å². The van der Waals surface area contributed by atoms with Gasteiger partial charge in [0.15, 0.2) is 0 Å². The number of anilines is 1. The highest BCUT2D eigenvalue weighted by molar-refractivity contribution is 5.89. The summed E-state index contributed by atoms with van der Waals surface area (Å²) >= 11 is 0. The summed E-state index contributed by atoms with van der Waals surface area (Å²) in [4.78, 5) is 16.7. The predicted octanol–water partition coefficient (Wildman–Crippen LogP) is 2.95. The van der Waals surface area contributed by atoms with E-state index in [1.807, 2.05) is 36.2 Å². The monoisotopic (exact) mass is 314 g/mol. The molecule has 1 heterocycles. The summed E-state index contributed by atoms with van der Waals surface area (Å²) in [6.07, 6.45) is 1.40. The number of hydrogen-bond acceptors (Lipinski definition) is 3. The lowest BCUT2D eigenvalue weighted by Gasteiger charge is -2.40. The van der Waals surface area contributed by atoms with Crippen LogP contribution in [-0.4, -0.2) is 48.6 Å². The van der Waals surface area contributed by atoms with E-state index in [0.717, 1.165) is 37.3 Å². The average molecular weight is 314 g/mol. The second kappa shape index (κ2) is 7.98. The van der Waals surface area contributed by atoms with E-state index in [0.29, 0.717) is 12.3 Å². The number of rotatable bonds is 4. The molecule has 124 valence electrons. The van der Waals surface area contributed by atoms with Gasteiger partial charge >= 0.3 is 6.03 Å². The van der Waals surface area contributed by atoms with Crippen molar-refractivity contribution in [2.45, 2.75) is 32.7 Å². The first-order valence-electron chi connectivity index (χ1n) is 8.27. The van der Waals surface area contributed by atoms with Crippen molar-refractivity contribution in [2.24, 2.45) is 5.92 Å². The van der Waals surface area contributed by atoms with E-state index in [9.17, 15) is 4.79 Å². The smallest absolute Gasteiger partial charge is 0.321 e. The highest BCUT2D eigenvalue weighted by Gasteiger charge is 2.30. The first-order valence-corrected chi connectivity index (χ1v) is 8.27. The Bertz CT molecular complexity index is 563. The van der Waals surface area contributed by atoms with E-state index in [4.69, 9.17) is 5.26 Å². The molecule has 0 unspecified atom stereocenters. The average Bonchev–Trinajstić information content (AvgIpc) is 2.56. The molecule has 1 saturated heterocycles. The van der Waals surface area contributed by atoms with E-state index in [2.05, 4.69) is 30.1 Å². The molecular weight excluding hydrogens is 288 g/mol. The molecule has 2 atom stereocenters. The maximum Gasteiger partial charge on any atom is 0.321 e. The molecule has 1 aliphatic heterocycles. The first kappa shape index (κ1) is 17.3. The molecule has 1 aromatic carbocycles. The normalized spacial score (nSPS) is 21.5. The highest BCUT2D eigenvalue weighted by Crippen LogP contribution is 2.22.